The lowest BCUT2D eigenvalue weighted by Crippen LogP contribution is -2.10. The lowest BCUT2D eigenvalue weighted by molar-refractivity contribution is -0.137. The zero-order valence-corrected chi connectivity index (χ0v) is 17.1. The molecule has 3 heterocycles. The fourth-order valence-electron chi connectivity index (χ4n) is 3.47. The smallest absolute Gasteiger partial charge is 0.416 e. The third-order valence-electron chi connectivity index (χ3n) is 5.00. The van der Waals surface area contributed by atoms with E-state index in [1.54, 1.807) is 18.3 Å². The van der Waals surface area contributed by atoms with E-state index < -0.39 is 23.8 Å². The molecular formula is C23H18F3N3O3. The summed E-state index contributed by atoms with van der Waals surface area (Å²) in [5.41, 5.74) is 1.34. The van der Waals surface area contributed by atoms with Crippen molar-refractivity contribution in [2.24, 2.45) is 0 Å². The number of carbonyl (C=O) groups excluding carboxylic acids is 1. The number of aromatic nitrogens is 3. The first-order valence-electron chi connectivity index (χ1n) is 9.59. The summed E-state index contributed by atoms with van der Waals surface area (Å²) in [4.78, 5) is 16.0. The number of ether oxygens (including phenoxy) is 1. The zero-order chi connectivity index (χ0) is 23.0. The minimum Gasteiger partial charge on any atom is -0.464 e. The molecule has 32 heavy (non-hydrogen) atoms. The van der Waals surface area contributed by atoms with Crippen LogP contribution < -0.4 is 0 Å². The molecular weight excluding hydrogens is 423 g/mol. The summed E-state index contributed by atoms with van der Waals surface area (Å²) < 4.78 is 46.1. The molecule has 164 valence electrons. The van der Waals surface area contributed by atoms with Crippen molar-refractivity contribution in [1.82, 2.24) is 14.6 Å². The SMILES string of the molecule is COC(=O)c1cccc(C(O)c2c(-c3cccc(C(F)(F)F)c3)nn3cc(C)ccc23)n1. The average molecular weight is 441 g/mol. The minimum absolute atomic E-state index is 0.00279. The molecule has 0 spiro atoms. The Balaban J connectivity index is 1.92. The first kappa shape index (κ1) is 21.5. The van der Waals surface area contributed by atoms with Crippen LogP contribution in [-0.2, 0) is 10.9 Å². The van der Waals surface area contributed by atoms with Crippen LogP contribution in [0.1, 0.15) is 39.0 Å². The third kappa shape index (κ3) is 3.94. The molecule has 1 N–H and O–H groups in total. The first-order valence-corrected chi connectivity index (χ1v) is 9.59. The number of rotatable bonds is 4. The summed E-state index contributed by atoms with van der Waals surface area (Å²) in [6.45, 7) is 1.85. The Morgan fingerprint density at radius 2 is 1.88 bits per heavy atom. The van der Waals surface area contributed by atoms with Crippen molar-refractivity contribution in [3.8, 4) is 11.3 Å². The molecule has 0 saturated heterocycles. The molecule has 1 unspecified atom stereocenters. The summed E-state index contributed by atoms with van der Waals surface area (Å²) in [6.07, 6.45) is -4.17. The molecule has 0 amide bonds. The summed E-state index contributed by atoms with van der Waals surface area (Å²) in [7, 11) is 1.21. The van der Waals surface area contributed by atoms with Crippen LogP contribution >= 0.6 is 0 Å². The van der Waals surface area contributed by atoms with Crippen LogP contribution in [-0.4, -0.2) is 32.8 Å². The van der Waals surface area contributed by atoms with Gasteiger partial charge >= 0.3 is 12.1 Å². The second kappa shape index (κ2) is 8.08. The number of aliphatic hydroxyl groups excluding tert-OH is 1. The van der Waals surface area contributed by atoms with E-state index in [9.17, 15) is 23.1 Å². The van der Waals surface area contributed by atoms with Crippen molar-refractivity contribution in [2.45, 2.75) is 19.2 Å². The molecule has 0 aliphatic rings. The van der Waals surface area contributed by atoms with E-state index >= 15 is 0 Å². The molecule has 0 aliphatic heterocycles. The lowest BCUT2D eigenvalue weighted by atomic mass is 9.98. The maximum Gasteiger partial charge on any atom is 0.416 e. The Kier molecular flexibility index (Phi) is 5.43. The molecule has 0 aliphatic carbocycles. The number of esters is 1. The molecule has 0 radical (unpaired) electrons. The zero-order valence-electron chi connectivity index (χ0n) is 17.1. The van der Waals surface area contributed by atoms with Crippen molar-refractivity contribution >= 4 is 11.5 Å². The number of carbonyl (C=O) groups is 1. The van der Waals surface area contributed by atoms with E-state index in [0.717, 1.165) is 17.7 Å². The Bertz CT molecular complexity index is 1310. The molecule has 1 atom stereocenters. The van der Waals surface area contributed by atoms with Gasteiger partial charge in [-0.3, -0.25) is 0 Å². The van der Waals surface area contributed by atoms with Gasteiger partial charge in [-0.1, -0.05) is 24.3 Å². The van der Waals surface area contributed by atoms with Gasteiger partial charge in [0.2, 0.25) is 0 Å². The summed E-state index contributed by atoms with van der Waals surface area (Å²) in [5, 5.41) is 15.7. The molecule has 0 saturated carbocycles. The maximum atomic E-state index is 13.3. The average Bonchev–Trinajstić information content (AvgIpc) is 3.16. The number of hydrogen-bond donors (Lipinski definition) is 1. The highest BCUT2D eigenvalue weighted by Gasteiger charge is 2.31. The Morgan fingerprint density at radius 3 is 2.59 bits per heavy atom. The molecule has 4 aromatic rings. The largest absolute Gasteiger partial charge is 0.464 e. The van der Waals surface area contributed by atoms with E-state index in [2.05, 4.69) is 14.8 Å². The van der Waals surface area contributed by atoms with Crippen molar-refractivity contribution in [2.75, 3.05) is 7.11 Å². The highest BCUT2D eigenvalue weighted by Crippen LogP contribution is 2.37. The number of benzene rings is 1. The number of aliphatic hydroxyl groups is 1. The number of methoxy groups -OCH3 is 1. The van der Waals surface area contributed by atoms with Gasteiger partial charge in [0.1, 0.15) is 11.8 Å². The maximum absolute atomic E-state index is 13.3. The number of nitrogens with zero attached hydrogens (tertiary/aromatic N) is 3. The quantitative estimate of drug-likeness (QED) is 0.469. The monoisotopic (exact) mass is 441 g/mol. The second-order valence-corrected chi connectivity index (χ2v) is 7.22. The molecule has 4 rings (SSSR count). The molecule has 9 heteroatoms. The van der Waals surface area contributed by atoms with Crippen molar-refractivity contribution in [3.63, 3.8) is 0 Å². The van der Waals surface area contributed by atoms with Gasteiger partial charge in [-0.25, -0.2) is 14.3 Å². The van der Waals surface area contributed by atoms with Crippen LogP contribution in [0.25, 0.3) is 16.8 Å². The number of hydrogen-bond acceptors (Lipinski definition) is 5. The fraction of sp³-hybridized carbons (Fsp3) is 0.174. The van der Waals surface area contributed by atoms with Gasteiger partial charge in [-0.05, 0) is 42.8 Å². The Morgan fingerprint density at radius 1 is 1.12 bits per heavy atom. The lowest BCUT2D eigenvalue weighted by Gasteiger charge is -2.13. The minimum atomic E-state index is -4.53. The van der Waals surface area contributed by atoms with E-state index in [4.69, 9.17) is 0 Å². The standard InChI is InChI=1S/C23H18F3N3O3/c1-13-9-10-18-19(21(30)16-7-4-8-17(27-16)22(31)32-2)20(28-29(18)12-13)14-5-3-6-15(11-14)23(24,25)26/h3-12,21,30H,1-2H3. The van der Waals surface area contributed by atoms with Crippen LogP contribution in [0.3, 0.4) is 0 Å². The topological polar surface area (TPSA) is 76.7 Å². The van der Waals surface area contributed by atoms with Gasteiger partial charge in [-0.15, -0.1) is 0 Å². The van der Waals surface area contributed by atoms with Crippen LogP contribution in [0.5, 0.6) is 0 Å². The highest BCUT2D eigenvalue weighted by atomic mass is 19.4. The molecule has 1 aromatic carbocycles. The van der Waals surface area contributed by atoms with Crippen molar-refractivity contribution in [3.05, 3.63) is 88.9 Å². The van der Waals surface area contributed by atoms with Gasteiger partial charge in [-0.2, -0.15) is 18.3 Å². The summed E-state index contributed by atoms with van der Waals surface area (Å²) in [6, 6.07) is 12.8. The number of aryl methyl sites for hydroxylation is 1. The van der Waals surface area contributed by atoms with Gasteiger partial charge in [0.25, 0.3) is 0 Å². The van der Waals surface area contributed by atoms with Gasteiger partial charge < -0.3 is 9.84 Å². The summed E-state index contributed by atoms with van der Waals surface area (Å²) >= 11 is 0. The molecule has 0 fully saturated rings. The third-order valence-corrected chi connectivity index (χ3v) is 5.00. The predicted octanol–water partition coefficient (Wildman–Crippen LogP) is 4.59. The van der Waals surface area contributed by atoms with Crippen LogP contribution in [0.15, 0.2) is 60.8 Å². The van der Waals surface area contributed by atoms with Crippen LogP contribution in [0.4, 0.5) is 13.2 Å². The van der Waals surface area contributed by atoms with Crippen LogP contribution in [0, 0.1) is 6.92 Å². The normalized spacial score (nSPS) is 12.7. The molecule has 6 nitrogen and oxygen atoms in total. The number of halogens is 3. The number of pyridine rings is 2. The van der Waals surface area contributed by atoms with E-state index in [1.165, 1.54) is 42.0 Å². The van der Waals surface area contributed by atoms with E-state index in [1.807, 2.05) is 6.92 Å². The fourth-order valence-corrected chi connectivity index (χ4v) is 3.47. The van der Waals surface area contributed by atoms with Gasteiger partial charge in [0.15, 0.2) is 0 Å². The number of alkyl halides is 3. The van der Waals surface area contributed by atoms with Crippen molar-refractivity contribution in [1.29, 1.82) is 0 Å². The molecule has 3 aromatic heterocycles. The van der Waals surface area contributed by atoms with E-state index in [-0.39, 0.29) is 28.2 Å². The Labute approximate surface area is 180 Å². The van der Waals surface area contributed by atoms with Gasteiger partial charge in [0, 0.05) is 17.3 Å². The summed E-state index contributed by atoms with van der Waals surface area (Å²) in [5.74, 6) is -0.673. The Hall–Kier alpha value is -3.72. The number of fused-ring (bicyclic) bond motifs is 1. The van der Waals surface area contributed by atoms with Crippen LogP contribution in [0.2, 0.25) is 0 Å². The molecule has 0 bridgehead atoms. The first-order chi connectivity index (χ1) is 15.2. The van der Waals surface area contributed by atoms with Crippen molar-refractivity contribution < 1.29 is 27.8 Å². The highest BCUT2D eigenvalue weighted by molar-refractivity contribution is 5.87. The van der Waals surface area contributed by atoms with Gasteiger partial charge in [0.05, 0.1) is 29.6 Å². The van der Waals surface area contributed by atoms with E-state index in [0.29, 0.717) is 5.52 Å². The predicted molar refractivity (Wildman–Crippen MR) is 110 cm³/mol. The second-order valence-electron chi connectivity index (χ2n) is 7.22.